The quantitative estimate of drug-likeness (QED) is 0.478. The predicted octanol–water partition coefficient (Wildman–Crippen LogP) is 4.00. The number of rotatable bonds is 3. The van der Waals surface area contributed by atoms with Gasteiger partial charge in [-0.2, -0.15) is 4.52 Å². The zero-order valence-electron chi connectivity index (χ0n) is 16.4. The standard InChI is InChI=1S/C21H20ClN5O2S/c1-14-6-5-11-26(13-14)19-17-12-15(22)9-10-18(17)27-20(23-19)21(24-25-27)30(28,29)16-7-3-2-4-8-16/h2-4,7-10,12,14H,5-6,11,13H2,1H3/t14-/m1/s1. The summed E-state index contributed by atoms with van der Waals surface area (Å²) < 4.78 is 28.0. The predicted molar refractivity (Wildman–Crippen MR) is 116 cm³/mol. The van der Waals surface area contributed by atoms with Gasteiger partial charge in [-0.05, 0) is 49.1 Å². The Hall–Kier alpha value is -2.71. The number of aromatic nitrogens is 4. The van der Waals surface area contributed by atoms with Gasteiger partial charge in [0.1, 0.15) is 5.82 Å². The Morgan fingerprint density at radius 1 is 1.13 bits per heavy atom. The van der Waals surface area contributed by atoms with E-state index < -0.39 is 9.84 Å². The number of sulfone groups is 1. The van der Waals surface area contributed by atoms with Gasteiger partial charge in [0.25, 0.3) is 0 Å². The van der Waals surface area contributed by atoms with Crippen LogP contribution in [0.25, 0.3) is 16.6 Å². The largest absolute Gasteiger partial charge is 0.356 e. The molecule has 30 heavy (non-hydrogen) atoms. The smallest absolute Gasteiger partial charge is 0.229 e. The van der Waals surface area contributed by atoms with Gasteiger partial charge in [-0.3, -0.25) is 0 Å². The number of hydrogen-bond acceptors (Lipinski definition) is 6. The van der Waals surface area contributed by atoms with E-state index in [0.29, 0.717) is 10.9 Å². The molecule has 0 bridgehead atoms. The number of fused-ring (bicyclic) bond motifs is 3. The lowest BCUT2D eigenvalue weighted by Crippen LogP contribution is -2.35. The van der Waals surface area contributed by atoms with Crippen molar-refractivity contribution in [2.75, 3.05) is 18.0 Å². The maximum Gasteiger partial charge on any atom is 0.229 e. The van der Waals surface area contributed by atoms with Crippen molar-refractivity contribution in [3.05, 3.63) is 53.6 Å². The Bertz CT molecular complexity index is 1350. The number of hydrogen-bond donors (Lipinski definition) is 0. The average molecular weight is 442 g/mol. The van der Waals surface area contributed by atoms with E-state index in [2.05, 4.69) is 22.1 Å². The molecule has 7 nitrogen and oxygen atoms in total. The number of halogens is 1. The molecule has 0 aliphatic carbocycles. The molecule has 0 N–H and O–H groups in total. The molecule has 0 spiro atoms. The summed E-state index contributed by atoms with van der Waals surface area (Å²) in [5, 5.41) is 9.44. The Morgan fingerprint density at radius 3 is 2.70 bits per heavy atom. The SMILES string of the molecule is C[C@@H]1CCCN(c2nc3c(S(=O)(=O)c4ccccc4)nnn3c3ccc(Cl)cc23)C1. The second-order valence-corrected chi connectivity index (χ2v) is 10.0. The second kappa shape index (κ2) is 7.21. The van der Waals surface area contributed by atoms with Gasteiger partial charge in [0.2, 0.25) is 14.9 Å². The van der Waals surface area contributed by atoms with E-state index >= 15 is 0 Å². The van der Waals surface area contributed by atoms with Gasteiger partial charge >= 0.3 is 0 Å². The molecule has 1 aliphatic heterocycles. The Morgan fingerprint density at radius 2 is 1.93 bits per heavy atom. The topological polar surface area (TPSA) is 80.5 Å². The summed E-state index contributed by atoms with van der Waals surface area (Å²) in [5.41, 5.74) is 0.946. The minimum absolute atomic E-state index is 0.142. The van der Waals surface area contributed by atoms with Crippen LogP contribution in [0.5, 0.6) is 0 Å². The molecule has 2 aromatic heterocycles. The first-order chi connectivity index (χ1) is 14.4. The van der Waals surface area contributed by atoms with Crippen LogP contribution in [0.15, 0.2) is 58.5 Å². The fourth-order valence-corrected chi connectivity index (χ4v) is 5.49. The van der Waals surface area contributed by atoms with Crippen LogP contribution in [0, 0.1) is 5.92 Å². The minimum Gasteiger partial charge on any atom is -0.356 e. The van der Waals surface area contributed by atoms with Gasteiger partial charge in [0.15, 0.2) is 5.65 Å². The van der Waals surface area contributed by atoms with Crippen LogP contribution in [0.4, 0.5) is 5.82 Å². The molecule has 4 aromatic rings. The van der Waals surface area contributed by atoms with Gasteiger partial charge < -0.3 is 4.90 Å². The highest BCUT2D eigenvalue weighted by Gasteiger charge is 2.28. The van der Waals surface area contributed by atoms with Crippen molar-refractivity contribution in [2.24, 2.45) is 5.92 Å². The van der Waals surface area contributed by atoms with E-state index in [1.165, 1.54) is 10.9 Å². The zero-order chi connectivity index (χ0) is 20.9. The monoisotopic (exact) mass is 441 g/mol. The Labute approximate surface area is 179 Å². The van der Waals surface area contributed by atoms with Crippen molar-refractivity contribution in [3.63, 3.8) is 0 Å². The van der Waals surface area contributed by atoms with Crippen LogP contribution >= 0.6 is 11.6 Å². The van der Waals surface area contributed by atoms with E-state index in [4.69, 9.17) is 16.6 Å². The van der Waals surface area contributed by atoms with E-state index in [1.54, 1.807) is 36.4 Å². The number of nitrogens with zero attached hydrogens (tertiary/aromatic N) is 5. The van der Waals surface area contributed by atoms with Crippen LogP contribution in [0.1, 0.15) is 19.8 Å². The molecule has 0 radical (unpaired) electrons. The summed E-state index contributed by atoms with van der Waals surface area (Å²) >= 11 is 6.28. The minimum atomic E-state index is -3.86. The van der Waals surface area contributed by atoms with Crippen molar-refractivity contribution in [1.82, 2.24) is 19.8 Å². The van der Waals surface area contributed by atoms with E-state index in [-0.39, 0.29) is 15.6 Å². The number of anilines is 1. The highest BCUT2D eigenvalue weighted by molar-refractivity contribution is 7.91. The normalized spacial score (nSPS) is 17.7. The highest BCUT2D eigenvalue weighted by Crippen LogP contribution is 2.33. The van der Waals surface area contributed by atoms with Crippen LogP contribution in [-0.2, 0) is 9.84 Å². The third-order valence-corrected chi connectivity index (χ3v) is 7.42. The molecule has 0 saturated carbocycles. The lowest BCUT2D eigenvalue weighted by atomic mass is 10.00. The number of benzene rings is 2. The third-order valence-electron chi connectivity index (χ3n) is 5.52. The molecule has 1 fully saturated rings. The molecule has 2 aromatic carbocycles. The molecular weight excluding hydrogens is 422 g/mol. The summed E-state index contributed by atoms with van der Waals surface area (Å²) in [4.78, 5) is 7.15. The molecule has 0 amide bonds. The van der Waals surface area contributed by atoms with Crippen LogP contribution < -0.4 is 4.90 Å². The van der Waals surface area contributed by atoms with Gasteiger partial charge in [0.05, 0.1) is 10.4 Å². The third kappa shape index (κ3) is 3.11. The van der Waals surface area contributed by atoms with E-state index in [1.807, 2.05) is 12.1 Å². The van der Waals surface area contributed by atoms with Crippen LogP contribution in [0.2, 0.25) is 5.02 Å². The molecule has 154 valence electrons. The summed E-state index contributed by atoms with van der Waals surface area (Å²) in [7, 11) is -3.86. The maximum absolute atomic E-state index is 13.2. The molecule has 1 saturated heterocycles. The summed E-state index contributed by atoms with van der Waals surface area (Å²) in [6, 6.07) is 13.7. The second-order valence-electron chi connectivity index (χ2n) is 7.74. The van der Waals surface area contributed by atoms with Crippen molar-refractivity contribution >= 4 is 43.8 Å². The van der Waals surface area contributed by atoms with Gasteiger partial charge in [-0.25, -0.2) is 13.4 Å². The maximum atomic E-state index is 13.2. The van der Waals surface area contributed by atoms with Crippen molar-refractivity contribution in [2.45, 2.75) is 29.7 Å². The lowest BCUT2D eigenvalue weighted by molar-refractivity contribution is 0.445. The van der Waals surface area contributed by atoms with E-state index in [0.717, 1.165) is 36.2 Å². The Balaban J connectivity index is 1.79. The molecule has 3 heterocycles. The molecule has 0 unspecified atom stereocenters. The van der Waals surface area contributed by atoms with Gasteiger partial charge in [-0.1, -0.05) is 41.9 Å². The van der Waals surface area contributed by atoms with Crippen molar-refractivity contribution in [1.29, 1.82) is 0 Å². The number of piperidine rings is 1. The molecular formula is C21H20ClN5O2S. The first kappa shape index (κ1) is 19.3. The summed E-state index contributed by atoms with van der Waals surface area (Å²) in [5.74, 6) is 1.25. The van der Waals surface area contributed by atoms with Crippen LogP contribution in [-0.4, -0.2) is 41.3 Å². The summed E-state index contributed by atoms with van der Waals surface area (Å²) in [6.45, 7) is 3.93. The highest BCUT2D eigenvalue weighted by atomic mass is 35.5. The van der Waals surface area contributed by atoms with Gasteiger partial charge in [-0.15, -0.1) is 5.10 Å². The molecule has 5 rings (SSSR count). The lowest BCUT2D eigenvalue weighted by Gasteiger charge is -2.32. The fourth-order valence-electron chi connectivity index (χ4n) is 4.06. The first-order valence-corrected chi connectivity index (χ1v) is 11.7. The van der Waals surface area contributed by atoms with Gasteiger partial charge in [0, 0.05) is 23.5 Å². The fraction of sp³-hybridized carbons (Fsp3) is 0.286. The molecule has 9 heteroatoms. The van der Waals surface area contributed by atoms with Crippen molar-refractivity contribution in [3.8, 4) is 0 Å². The Kier molecular flexibility index (Phi) is 4.63. The molecule has 1 atom stereocenters. The first-order valence-electron chi connectivity index (χ1n) is 9.85. The van der Waals surface area contributed by atoms with Crippen molar-refractivity contribution < 1.29 is 8.42 Å². The molecule has 1 aliphatic rings. The zero-order valence-corrected chi connectivity index (χ0v) is 17.9. The van der Waals surface area contributed by atoms with E-state index in [9.17, 15) is 8.42 Å². The van der Waals surface area contributed by atoms with Crippen LogP contribution in [0.3, 0.4) is 0 Å². The average Bonchev–Trinajstić information content (AvgIpc) is 3.18. The summed E-state index contributed by atoms with van der Waals surface area (Å²) in [6.07, 6.45) is 2.22.